The van der Waals surface area contributed by atoms with Crippen molar-refractivity contribution in [1.82, 2.24) is 10.2 Å². The third-order valence-corrected chi connectivity index (χ3v) is 4.56. The topological polar surface area (TPSA) is 87.9 Å². The van der Waals surface area contributed by atoms with Gasteiger partial charge in [-0.3, -0.25) is 15.0 Å². The van der Waals surface area contributed by atoms with Gasteiger partial charge < -0.3 is 15.2 Å². The van der Waals surface area contributed by atoms with E-state index in [2.05, 4.69) is 24.1 Å². The van der Waals surface area contributed by atoms with Crippen molar-refractivity contribution in [1.29, 1.82) is 0 Å². The van der Waals surface area contributed by atoms with Crippen molar-refractivity contribution >= 4 is 30.5 Å². The molecule has 0 bridgehead atoms. The van der Waals surface area contributed by atoms with Gasteiger partial charge in [-0.05, 0) is 17.5 Å². The molecule has 0 radical (unpaired) electrons. The molecule has 1 fully saturated rings. The van der Waals surface area contributed by atoms with E-state index in [1.807, 2.05) is 0 Å². The summed E-state index contributed by atoms with van der Waals surface area (Å²) in [4.78, 5) is 13.0. The Bertz CT molecular complexity index is 569. The van der Waals surface area contributed by atoms with E-state index in [4.69, 9.17) is 4.74 Å². The predicted octanol–water partition coefficient (Wildman–Crippen LogP) is 3.15. The van der Waals surface area contributed by atoms with Crippen LogP contribution in [0.5, 0.6) is 11.5 Å². The van der Waals surface area contributed by atoms with Gasteiger partial charge >= 0.3 is 5.69 Å². The largest absolute Gasteiger partial charge is 0.500 e. The Labute approximate surface area is 160 Å². The number of piperazine rings is 1. The zero-order chi connectivity index (χ0) is 17.0. The van der Waals surface area contributed by atoms with Crippen molar-refractivity contribution in [3.05, 3.63) is 27.8 Å². The van der Waals surface area contributed by atoms with E-state index in [1.54, 1.807) is 6.07 Å². The number of hydrogen-bond donors (Lipinski definition) is 2. The number of phenols is 1. The van der Waals surface area contributed by atoms with Crippen molar-refractivity contribution in [2.24, 2.45) is 5.92 Å². The van der Waals surface area contributed by atoms with Crippen LogP contribution in [0.2, 0.25) is 0 Å². The fourth-order valence-corrected chi connectivity index (χ4v) is 3.16. The quantitative estimate of drug-likeness (QED) is 0.568. The average molecular weight is 396 g/mol. The molecule has 9 heteroatoms. The predicted molar refractivity (Wildman–Crippen MR) is 102 cm³/mol. The minimum absolute atomic E-state index is 0. The van der Waals surface area contributed by atoms with E-state index >= 15 is 0 Å². The standard InChI is InChI=1S/C16H25N3O4.2ClH/c1-4-11(2)15(18-7-5-17-6-8-18)12-9-13(19(21)22)16(20)14(10-12)23-3;;/h9-11,15,17,20H,4-8H2,1-3H3;2*1H/t11?,15-;;/m1../s1. The Morgan fingerprint density at radius 3 is 2.44 bits per heavy atom. The molecule has 7 nitrogen and oxygen atoms in total. The average Bonchev–Trinajstić information content (AvgIpc) is 2.56. The molecule has 1 heterocycles. The van der Waals surface area contributed by atoms with Crippen molar-refractivity contribution < 1.29 is 14.8 Å². The molecular weight excluding hydrogens is 369 g/mol. The van der Waals surface area contributed by atoms with Gasteiger partial charge in [-0.25, -0.2) is 0 Å². The molecule has 2 N–H and O–H groups in total. The number of methoxy groups -OCH3 is 1. The lowest BCUT2D eigenvalue weighted by Crippen LogP contribution is -2.46. The first-order valence-electron chi connectivity index (χ1n) is 7.99. The summed E-state index contributed by atoms with van der Waals surface area (Å²) in [5.74, 6) is 0.0732. The summed E-state index contributed by atoms with van der Waals surface area (Å²) >= 11 is 0. The molecule has 1 unspecified atom stereocenters. The SMILES string of the molecule is CCC(C)[C@H](c1cc(OC)c(O)c([N+](=O)[O-])c1)N1CCNCC1.Cl.Cl. The van der Waals surface area contributed by atoms with E-state index in [9.17, 15) is 15.2 Å². The Morgan fingerprint density at radius 1 is 1.36 bits per heavy atom. The zero-order valence-electron chi connectivity index (χ0n) is 14.7. The molecule has 0 saturated carbocycles. The summed E-state index contributed by atoms with van der Waals surface area (Å²) in [5, 5.41) is 24.6. The molecule has 25 heavy (non-hydrogen) atoms. The van der Waals surface area contributed by atoms with Gasteiger partial charge in [0.25, 0.3) is 0 Å². The van der Waals surface area contributed by atoms with Crippen LogP contribution < -0.4 is 10.1 Å². The molecule has 0 aliphatic carbocycles. The highest BCUT2D eigenvalue weighted by atomic mass is 35.5. The second-order valence-electron chi connectivity index (χ2n) is 5.96. The first-order valence-corrected chi connectivity index (χ1v) is 7.99. The number of phenolic OH excluding ortho intramolecular Hbond substituents is 1. The maximum Gasteiger partial charge on any atom is 0.314 e. The summed E-state index contributed by atoms with van der Waals surface area (Å²) in [6, 6.07) is 3.27. The number of nitrogens with zero attached hydrogens (tertiary/aromatic N) is 2. The molecule has 144 valence electrons. The number of nitrogens with one attached hydrogen (secondary N) is 1. The lowest BCUT2D eigenvalue weighted by atomic mass is 9.90. The summed E-state index contributed by atoms with van der Waals surface area (Å²) in [5.41, 5.74) is 0.519. The smallest absolute Gasteiger partial charge is 0.314 e. The lowest BCUT2D eigenvalue weighted by Gasteiger charge is -2.38. The van der Waals surface area contributed by atoms with Gasteiger partial charge in [0, 0.05) is 38.3 Å². The van der Waals surface area contributed by atoms with Crippen LogP contribution in [0.25, 0.3) is 0 Å². The van der Waals surface area contributed by atoms with Gasteiger partial charge in [0.05, 0.1) is 12.0 Å². The number of benzene rings is 1. The third-order valence-electron chi connectivity index (χ3n) is 4.56. The van der Waals surface area contributed by atoms with E-state index in [1.165, 1.54) is 13.2 Å². The van der Waals surface area contributed by atoms with E-state index in [0.29, 0.717) is 5.92 Å². The Balaban J connectivity index is 0.00000288. The fraction of sp³-hybridized carbons (Fsp3) is 0.625. The van der Waals surface area contributed by atoms with Gasteiger partial charge in [-0.1, -0.05) is 20.3 Å². The normalized spacial score (nSPS) is 16.9. The van der Waals surface area contributed by atoms with E-state index in [0.717, 1.165) is 38.2 Å². The first kappa shape index (κ1) is 23.7. The van der Waals surface area contributed by atoms with E-state index in [-0.39, 0.29) is 42.3 Å². The van der Waals surface area contributed by atoms with Crippen molar-refractivity contribution in [2.75, 3.05) is 33.3 Å². The molecule has 1 aromatic rings. The zero-order valence-corrected chi connectivity index (χ0v) is 16.4. The first-order chi connectivity index (χ1) is 11.0. The van der Waals surface area contributed by atoms with Crippen LogP contribution >= 0.6 is 24.8 Å². The lowest BCUT2D eigenvalue weighted by molar-refractivity contribution is -0.386. The van der Waals surface area contributed by atoms with Gasteiger partial charge in [0.15, 0.2) is 5.75 Å². The van der Waals surface area contributed by atoms with Crippen molar-refractivity contribution in [3.63, 3.8) is 0 Å². The highest BCUT2D eigenvalue weighted by molar-refractivity contribution is 5.85. The minimum atomic E-state index is -0.563. The molecule has 0 amide bonds. The van der Waals surface area contributed by atoms with Crippen LogP contribution in [0.15, 0.2) is 12.1 Å². The number of hydrogen-bond acceptors (Lipinski definition) is 6. The summed E-state index contributed by atoms with van der Waals surface area (Å²) in [6.45, 7) is 7.87. The highest BCUT2D eigenvalue weighted by Gasteiger charge is 2.30. The number of ether oxygens (including phenoxy) is 1. The van der Waals surface area contributed by atoms with Crippen molar-refractivity contribution in [2.45, 2.75) is 26.3 Å². The van der Waals surface area contributed by atoms with Crippen LogP contribution in [0, 0.1) is 16.0 Å². The number of nitro benzene ring substituents is 1. The Kier molecular flexibility index (Phi) is 10.1. The van der Waals surface area contributed by atoms with E-state index < -0.39 is 10.7 Å². The summed E-state index contributed by atoms with van der Waals surface area (Å²) < 4.78 is 5.14. The second kappa shape index (κ2) is 10.7. The maximum absolute atomic E-state index is 11.2. The highest BCUT2D eigenvalue weighted by Crippen LogP contribution is 2.41. The number of halogens is 2. The number of rotatable bonds is 6. The molecule has 2 atom stereocenters. The molecular formula is C16H27Cl2N3O4. The van der Waals surface area contributed by atoms with Crippen LogP contribution in [0.3, 0.4) is 0 Å². The third kappa shape index (κ3) is 5.34. The molecule has 1 saturated heterocycles. The second-order valence-corrected chi connectivity index (χ2v) is 5.96. The minimum Gasteiger partial charge on any atom is -0.500 e. The molecule has 0 spiro atoms. The molecule has 1 aliphatic rings. The van der Waals surface area contributed by atoms with Crippen molar-refractivity contribution in [3.8, 4) is 11.5 Å². The van der Waals surface area contributed by atoms with Crippen LogP contribution in [-0.2, 0) is 0 Å². The van der Waals surface area contributed by atoms with Crippen LogP contribution in [0.4, 0.5) is 5.69 Å². The van der Waals surface area contributed by atoms with Crippen LogP contribution in [-0.4, -0.2) is 48.2 Å². The van der Waals surface area contributed by atoms with Gasteiger partial charge in [0.1, 0.15) is 0 Å². The van der Waals surface area contributed by atoms with Gasteiger partial charge in [-0.2, -0.15) is 0 Å². The molecule has 1 aromatic carbocycles. The summed E-state index contributed by atoms with van der Waals surface area (Å²) in [7, 11) is 1.41. The monoisotopic (exact) mass is 395 g/mol. The fourth-order valence-electron chi connectivity index (χ4n) is 3.16. The Morgan fingerprint density at radius 2 is 1.96 bits per heavy atom. The molecule has 0 aromatic heterocycles. The van der Waals surface area contributed by atoms with Gasteiger partial charge in [0.2, 0.25) is 5.75 Å². The Hall–Kier alpha value is -1.28. The summed E-state index contributed by atoms with van der Waals surface area (Å²) in [6.07, 6.45) is 0.964. The van der Waals surface area contributed by atoms with Crippen LogP contribution in [0.1, 0.15) is 31.9 Å². The molecule has 2 rings (SSSR count). The number of nitro groups is 1. The molecule has 1 aliphatic heterocycles. The number of aromatic hydroxyl groups is 1. The van der Waals surface area contributed by atoms with Gasteiger partial charge in [-0.15, -0.1) is 24.8 Å². The maximum atomic E-state index is 11.2.